The van der Waals surface area contributed by atoms with E-state index >= 15 is 0 Å². The topological polar surface area (TPSA) is 94.9 Å². The molecule has 2 N–H and O–H groups in total. The van der Waals surface area contributed by atoms with Gasteiger partial charge in [0.25, 0.3) is 0 Å². The molecule has 7 heteroatoms. The van der Waals surface area contributed by atoms with Crippen LogP contribution in [0.2, 0.25) is 0 Å². The summed E-state index contributed by atoms with van der Waals surface area (Å²) in [5.41, 5.74) is -0.677. The summed E-state index contributed by atoms with van der Waals surface area (Å²) >= 11 is 0. The second-order valence-electron chi connectivity index (χ2n) is 7.05. The lowest BCUT2D eigenvalue weighted by Gasteiger charge is -2.29. The molecule has 0 amide bonds. The summed E-state index contributed by atoms with van der Waals surface area (Å²) in [7, 11) is -3.26. The number of sulfonamides is 1. The quantitative estimate of drug-likeness (QED) is 0.401. The highest BCUT2D eigenvalue weighted by molar-refractivity contribution is 7.88. The normalized spacial score (nSPS) is 12.7. The van der Waals surface area contributed by atoms with Gasteiger partial charge in [-0.3, -0.25) is 4.79 Å². The number of carboxylic acid groups (broad SMARTS) is 1. The average molecular weight is 380 g/mol. The second-order valence-corrected chi connectivity index (χ2v) is 9.03. The Hall–Kier alpha value is -0.660. The smallest absolute Gasteiger partial charge is 0.303 e. The van der Waals surface area contributed by atoms with Gasteiger partial charge in [0.2, 0.25) is 10.0 Å². The first-order valence-electron chi connectivity index (χ1n) is 9.54. The third kappa shape index (κ3) is 12.3. The fourth-order valence-corrected chi connectivity index (χ4v) is 4.17. The van der Waals surface area contributed by atoms with Crippen molar-refractivity contribution >= 4 is 16.0 Å². The lowest BCUT2D eigenvalue weighted by Crippen LogP contribution is -2.34. The molecule has 0 unspecified atom stereocenters. The molecule has 0 aliphatic heterocycles. The van der Waals surface area contributed by atoms with E-state index in [9.17, 15) is 18.3 Å². The Morgan fingerprint density at radius 3 is 1.92 bits per heavy atom. The fraction of sp³-hybridized carbons (Fsp3) is 0.944. The molecule has 25 heavy (non-hydrogen) atoms. The van der Waals surface area contributed by atoms with Crippen LogP contribution in [0, 0.1) is 0 Å². The van der Waals surface area contributed by atoms with Crippen molar-refractivity contribution in [3.63, 3.8) is 0 Å². The Kier molecular flexibility index (Phi) is 12.3. The number of hydrogen-bond acceptors (Lipinski definition) is 4. The molecule has 0 heterocycles. The molecule has 0 aromatic rings. The molecule has 0 bridgehead atoms. The first kappa shape index (κ1) is 24.3. The minimum Gasteiger partial charge on any atom is -0.481 e. The molecule has 0 rings (SSSR count). The predicted octanol–water partition coefficient (Wildman–Crippen LogP) is 3.39. The Bertz CT molecular complexity index is 458. The van der Waals surface area contributed by atoms with Gasteiger partial charge in [-0.15, -0.1) is 0 Å². The maximum atomic E-state index is 11.9. The number of carboxylic acids is 1. The van der Waals surface area contributed by atoms with E-state index in [4.69, 9.17) is 5.11 Å². The summed E-state index contributed by atoms with van der Waals surface area (Å²) < 4.78 is 25.4. The monoisotopic (exact) mass is 379 g/mol. The summed E-state index contributed by atoms with van der Waals surface area (Å²) in [5, 5.41) is 19.2. The highest BCUT2D eigenvalue weighted by Crippen LogP contribution is 2.25. The number of aliphatic carboxylic acids is 1. The van der Waals surface area contributed by atoms with Crippen LogP contribution in [0.25, 0.3) is 0 Å². The number of unbranched alkanes of at least 4 members (excludes halogenated alkanes) is 3. The highest BCUT2D eigenvalue weighted by atomic mass is 32.2. The van der Waals surface area contributed by atoms with Gasteiger partial charge in [-0.2, -0.15) is 0 Å². The largest absolute Gasteiger partial charge is 0.481 e. The summed E-state index contributed by atoms with van der Waals surface area (Å²) in [6, 6.07) is 0. The molecule has 0 aliphatic rings. The van der Waals surface area contributed by atoms with Crippen LogP contribution in [0.3, 0.4) is 0 Å². The zero-order valence-electron chi connectivity index (χ0n) is 16.2. The minimum atomic E-state index is -3.26. The third-order valence-electron chi connectivity index (χ3n) is 4.50. The lowest BCUT2D eigenvalue weighted by atomic mass is 9.88. The van der Waals surface area contributed by atoms with E-state index < -0.39 is 21.6 Å². The van der Waals surface area contributed by atoms with Crippen LogP contribution in [0.5, 0.6) is 0 Å². The van der Waals surface area contributed by atoms with Gasteiger partial charge in [0.05, 0.1) is 11.9 Å². The third-order valence-corrected chi connectivity index (χ3v) is 5.80. The van der Waals surface area contributed by atoms with Crippen LogP contribution in [0.4, 0.5) is 0 Å². The average Bonchev–Trinajstić information content (AvgIpc) is 2.47. The first-order chi connectivity index (χ1) is 11.6. The Morgan fingerprint density at radius 2 is 1.44 bits per heavy atom. The van der Waals surface area contributed by atoms with Gasteiger partial charge in [0.15, 0.2) is 0 Å². The number of rotatable bonds is 16. The van der Waals surface area contributed by atoms with E-state index in [0.717, 1.165) is 44.9 Å². The van der Waals surface area contributed by atoms with E-state index in [2.05, 4.69) is 0 Å². The van der Waals surface area contributed by atoms with Gasteiger partial charge in [0, 0.05) is 19.5 Å². The van der Waals surface area contributed by atoms with Crippen molar-refractivity contribution in [2.24, 2.45) is 0 Å². The molecule has 0 atom stereocenters. The van der Waals surface area contributed by atoms with Crippen LogP contribution >= 0.6 is 0 Å². The zero-order valence-corrected chi connectivity index (χ0v) is 17.0. The molecule has 0 fully saturated rings. The molecule has 0 aliphatic carbocycles. The molecule has 0 radical (unpaired) electrons. The first-order valence-corrected chi connectivity index (χ1v) is 11.4. The van der Waals surface area contributed by atoms with Gasteiger partial charge in [-0.25, -0.2) is 12.7 Å². The predicted molar refractivity (Wildman–Crippen MR) is 101 cm³/mol. The van der Waals surface area contributed by atoms with Crippen LogP contribution in [0.1, 0.15) is 84.5 Å². The maximum Gasteiger partial charge on any atom is 0.303 e. The maximum absolute atomic E-state index is 11.9. The summed E-state index contributed by atoms with van der Waals surface area (Å²) in [4.78, 5) is 10.5. The second kappa shape index (κ2) is 12.7. The van der Waals surface area contributed by atoms with E-state index in [0.29, 0.717) is 32.4 Å². The van der Waals surface area contributed by atoms with Crippen LogP contribution in [0.15, 0.2) is 0 Å². The number of hydrogen-bond donors (Lipinski definition) is 2. The highest BCUT2D eigenvalue weighted by Gasteiger charge is 2.25. The van der Waals surface area contributed by atoms with Gasteiger partial charge in [-0.05, 0) is 38.5 Å². The van der Waals surface area contributed by atoms with Gasteiger partial charge < -0.3 is 10.2 Å². The Labute approximate surface area is 153 Å². The molecule has 0 saturated heterocycles. The van der Waals surface area contributed by atoms with Crippen molar-refractivity contribution < 1.29 is 23.4 Å². The molecule has 0 spiro atoms. The van der Waals surface area contributed by atoms with Crippen molar-refractivity contribution in [1.82, 2.24) is 4.31 Å². The molecule has 0 aromatic carbocycles. The van der Waals surface area contributed by atoms with Crippen LogP contribution in [-0.2, 0) is 14.8 Å². The summed E-state index contributed by atoms with van der Waals surface area (Å²) in [5.74, 6) is -0.788. The van der Waals surface area contributed by atoms with Gasteiger partial charge in [0.1, 0.15) is 0 Å². The molecule has 150 valence electrons. The standard InChI is InChI=1S/C18H37NO5S/c1-4-12-18(22,13-5-2)14-10-16-19(25(3,23)24)15-9-7-6-8-11-17(20)21/h22H,4-16H2,1-3H3,(H,20,21). The molecule has 0 aromatic heterocycles. The number of aliphatic hydroxyl groups is 1. The lowest BCUT2D eigenvalue weighted by molar-refractivity contribution is -0.137. The number of nitrogens with zero attached hydrogens (tertiary/aromatic N) is 1. The SMILES string of the molecule is CCCC(O)(CCC)CCCN(CCCCCCC(=O)O)S(C)(=O)=O. The van der Waals surface area contributed by atoms with Crippen LogP contribution in [-0.4, -0.2) is 53.9 Å². The minimum absolute atomic E-state index is 0.170. The Morgan fingerprint density at radius 1 is 0.920 bits per heavy atom. The van der Waals surface area contributed by atoms with Crippen molar-refractivity contribution in [3.05, 3.63) is 0 Å². The summed E-state index contributed by atoms with van der Waals surface area (Å²) in [6.07, 6.45) is 9.02. The Balaban J connectivity index is 4.30. The molecular formula is C18H37NO5S. The number of carbonyl (C=O) groups is 1. The van der Waals surface area contributed by atoms with E-state index in [1.54, 1.807) is 0 Å². The van der Waals surface area contributed by atoms with E-state index in [1.807, 2.05) is 13.8 Å². The van der Waals surface area contributed by atoms with Crippen molar-refractivity contribution in [2.45, 2.75) is 90.1 Å². The fourth-order valence-electron chi connectivity index (χ4n) is 3.25. The molecule has 0 saturated carbocycles. The van der Waals surface area contributed by atoms with Crippen molar-refractivity contribution in [1.29, 1.82) is 0 Å². The van der Waals surface area contributed by atoms with Crippen molar-refractivity contribution in [3.8, 4) is 0 Å². The summed E-state index contributed by atoms with van der Waals surface area (Å²) in [6.45, 7) is 5.00. The zero-order chi connectivity index (χ0) is 19.3. The van der Waals surface area contributed by atoms with Gasteiger partial charge >= 0.3 is 5.97 Å². The van der Waals surface area contributed by atoms with E-state index in [1.165, 1.54) is 10.6 Å². The molecular weight excluding hydrogens is 342 g/mol. The molecule has 6 nitrogen and oxygen atoms in total. The van der Waals surface area contributed by atoms with Crippen LogP contribution < -0.4 is 0 Å². The van der Waals surface area contributed by atoms with Crippen molar-refractivity contribution in [2.75, 3.05) is 19.3 Å². The van der Waals surface area contributed by atoms with E-state index in [-0.39, 0.29) is 6.42 Å². The van der Waals surface area contributed by atoms with Gasteiger partial charge in [-0.1, -0.05) is 39.5 Å².